The zero-order chi connectivity index (χ0) is 31.6. The van der Waals surface area contributed by atoms with Crippen molar-refractivity contribution < 1.29 is 35.8 Å². The number of rotatable bonds is 11. The van der Waals surface area contributed by atoms with Gasteiger partial charge < -0.3 is 20.2 Å². The van der Waals surface area contributed by atoms with Gasteiger partial charge in [-0.05, 0) is 43.6 Å². The molecule has 0 bridgehead atoms. The predicted molar refractivity (Wildman–Crippen MR) is 170 cm³/mol. The second kappa shape index (κ2) is 23.1. The molecule has 0 spiro atoms. The SMILES string of the molecule is CC.CC.CC(C)CC(C)(C)CC(C)C.C[C-](CCO)NC(=O)C(C)(C)CC(C)(C)C(=O)N1CCN(C)CC1.[W]. The van der Waals surface area contributed by atoms with Gasteiger partial charge in [0.05, 0.1) is 0 Å². The standard InChI is InChI=1S/C18H34N3O3.C11H24.2C2H6.W/c1-14(7-12-22)19-15(23)17(2,3)13-18(4,5)16(24)21-10-8-20(6)9-11-21;1-9(2)7-11(5,6)8-10(3)4;2*1-2;/h22H,7-13H2,1-6H3,(H,19,23);9-10H,7-8H2,1-6H3;2*1-2H3;/q-1;;;;. The topological polar surface area (TPSA) is 72.9 Å². The molecule has 0 radical (unpaired) electrons. The molecule has 0 aromatic heterocycles. The molecule has 0 aromatic carbocycles. The fourth-order valence-corrected chi connectivity index (χ4v) is 5.59. The number of carbonyl (C=O) groups excluding carboxylic acids is 2. The minimum atomic E-state index is -0.664. The number of nitrogens with zero attached hydrogens (tertiary/aromatic N) is 2. The molecule has 0 unspecified atom stereocenters. The van der Waals surface area contributed by atoms with Crippen molar-refractivity contribution in [2.45, 2.75) is 130 Å². The van der Waals surface area contributed by atoms with Gasteiger partial charge in [0.1, 0.15) is 0 Å². The molecule has 7 heteroatoms. The van der Waals surface area contributed by atoms with Gasteiger partial charge in [-0.3, -0.25) is 9.59 Å². The summed E-state index contributed by atoms with van der Waals surface area (Å²) >= 11 is 0. The van der Waals surface area contributed by atoms with Gasteiger partial charge in [-0.2, -0.15) is 6.92 Å². The minimum absolute atomic E-state index is 0. The van der Waals surface area contributed by atoms with Crippen molar-refractivity contribution in [3.63, 3.8) is 0 Å². The van der Waals surface area contributed by atoms with E-state index >= 15 is 0 Å². The number of amides is 2. The maximum Gasteiger partial charge on any atom is 0.228 e. The first-order chi connectivity index (χ1) is 17.8. The van der Waals surface area contributed by atoms with E-state index in [9.17, 15) is 9.59 Å². The van der Waals surface area contributed by atoms with E-state index in [2.05, 4.69) is 58.8 Å². The third-order valence-corrected chi connectivity index (χ3v) is 6.60. The van der Waals surface area contributed by atoms with Crippen LogP contribution in [0.1, 0.15) is 130 Å². The van der Waals surface area contributed by atoms with Crippen molar-refractivity contribution in [2.24, 2.45) is 28.1 Å². The average molecular weight is 741 g/mol. The summed E-state index contributed by atoms with van der Waals surface area (Å²) in [6.45, 7) is 34.7. The van der Waals surface area contributed by atoms with Gasteiger partial charge in [-0.15, -0.1) is 6.42 Å². The van der Waals surface area contributed by atoms with E-state index in [4.69, 9.17) is 5.11 Å². The second-order valence-corrected chi connectivity index (χ2v) is 13.6. The Morgan fingerprint density at radius 1 is 0.825 bits per heavy atom. The van der Waals surface area contributed by atoms with Crippen molar-refractivity contribution in [2.75, 3.05) is 39.8 Å². The largest absolute Gasteiger partial charge is 0.503 e. The van der Waals surface area contributed by atoms with Gasteiger partial charge in [0.2, 0.25) is 5.91 Å². The monoisotopic (exact) mass is 740 g/mol. The van der Waals surface area contributed by atoms with Crippen molar-refractivity contribution in [1.29, 1.82) is 0 Å². The maximum atomic E-state index is 12.9. The van der Waals surface area contributed by atoms with Crippen LogP contribution in [-0.2, 0) is 30.7 Å². The summed E-state index contributed by atoms with van der Waals surface area (Å²) in [6.07, 6.45) is 3.63. The first kappa shape index (κ1) is 46.5. The quantitative estimate of drug-likeness (QED) is 0.217. The molecular weight excluding hydrogens is 670 g/mol. The fraction of sp³-hybridized carbons (Fsp3) is 0.909. The van der Waals surface area contributed by atoms with E-state index in [1.54, 1.807) is 6.92 Å². The average Bonchev–Trinajstić information content (AvgIpc) is 2.80. The summed E-state index contributed by atoms with van der Waals surface area (Å²) in [4.78, 5) is 29.5. The van der Waals surface area contributed by atoms with Gasteiger partial charge in [-0.1, -0.05) is 96.9 Å². The number of carbonyl (C=O) groups is 2. The second-order valence-electron chi connectivity index (χ2n) is 13.6. The molecule has 1 aliphatic rings. The van der Waals surface area contributed by atoms with Crippen LogP contribution < -0.4 is 5.32 Å². The summed E-state index contributed by atoms with van der Waals surface area (Å²) in [5, 5.41) is 11.8. The van der Waals surface area contributed by atoms with Crippen molar-refractivity contribution in [3.05, 3.63) is 6.04 Å². The van der Waals surface area contributed by atoms with Crippen molar-refractivity contribution >= 4 is 11.8 Å². The molecular formula is C33H70N3O3W-. The zero-order valence-corrected chi connectivity index (χ0v) is 32.5. The Morgan fingerprint density at radius 2 is 1.23 bits per heavy atom. The molecule has 2 amide bonds. The molecule has 0 aromatic rings. The van der Waals surface area contributed by atoms with Gasteiger partial charge in [0, 0.05) is 64.7 Å². The molecule has 1 rings (SSSR count). The Kier molecular flexibility index (Phi) is 26.8. The fourth-order valence-electron chi connectivity index (χ4n) is 5.59. The summed E-state index contributed by atoms with van der Waals surface area (Å²) in [7, 11) is 2.06. The van der Waals surface area contributed by atoms with Crippen LogP contribution in [0.25, 0.3) is 0 Å². The zero-order valence-electron chi connectivity index (χ0n) is 29.6. The van der Waals surface area contributed by atoms with E-state index in [-0.39, 0.29) is 39.5 Å². The number of nitrogens with one attached hydrogen (secondary N) is 1. The van der Waals surface area contributed by atoms with E-state index < -0.39 is 10.8 Å². The number of hydrogen-bond donors (Lipinski definition) is 2. The van der Waals surface area contributed by atoms with Crippen LogP contribution in [0.4, 0.5) is 0 Å². The molecule has 1 heterocycles. The van der Waals surface area contributed by atoms with Gasteiger partial charge in [0.15, 0.2) is 5.91 Å². The molecule has 6 nitrogen and oxygen atoms in total. The molecule has 0 aliphatic carbocycles. The first-order valence-electron chi connectivity index (χ1n) is 15.6. The minimum Gasteiger partial charge on any atom is -0.503 e. The summed E-state index contributed by atoms with van der Waals surface area (Å²) in [5.74, 6) is 1.69. The summed E-state index contributed by atoms with van der Waals surface area (Å²) in [5.41, 5.74) is -0.716. The maximum absolute atomic E-state index is 12.9. The number of likely N-dealkylation sites (N-methyl/N-ethyl adjacent to an activating group) is 1. The van der Waals surface area contributed by atoms with Crippen LogP contribution in [-0.4, -0.2) is 66.6 Å². The third kappa shape index (κ3) is 21.3. The number of aliphatic hydroxyl groups excluding tert-OH is 1. The summed E-state index contributed by atoms with van der Waals surface area (Å²) in [6, 6.07) is 0.749. The predicted octanol–water partition coefficient (Wildman–Crippen LogP) is 7.41. The number of piperazine rings is 1. The Labute approximate surface area is 265 Å². The molecule has 1 aliphatic heterocycles. The Hall–Kier alpha value is -0.452. The van der Waals surface area contributed by atoms with Crippen LogP contribution in [0.5, 0.6) is 0 Å². The summed E-state index contributed by atoms with van der Waals surface area (Å²) < 4.78 is 0. The molecule has 40 heavy (non-hydrogen) atoms. The molecule has 1 fully saturated rings. The molecule has 242 valence electrons. The molecule has 0 atom stereocenters. The normalized spacial score (nSPS) is 14.2. The smallest absolute Gasteiger partial charge is 0.228 e. The molecule has 1 saturated heterocycles. The van der Waals surface area contributed by atoms with Gasteiger partial charge in [0.25, 0.3) is 0 Å². The van der Waals surface area contributed by atoms with E-state index in [1.165, 1.54) is 12.8 Å². The number of hydrogen-bond acceptors (Lipinski definition) is 4. The number of aliphatic hydroxyl groups is 1. The van der Waals surface area contributed by atoms with Crippen LogP contribution in [0, 0.1) is 34.1 Å². The van der Waals surface area contributed by atoms with Gasteiger partial charge >= 0.3 is 0 Å². The van der Waals surface area contributed by atoms with E-state index in [0.717, 1.165) is 44.1 Å². The Bertz CT molecular complexity index is 629. The Balaban J connectivity index is -0.000000342. The third-order valence-electron chi connectivity index (χ3n) is 6.60. The van der Waals surface area contributed by atoms with E-state index in [0.29, 0.717) is 18.3 Å². The van der Waals surface area contributed by atoms with Crippen LogP contribution in [0.2, 0.25) is 0 Å². The molecule has 2 N–H and O–H groups in total. The van der Waals surface area contributed by atoms with E-state index in [1.807, 2.05) is 60.3 Å². The molecule has 0 saturated carbocycles. The van der Waals surface area contributed by atoms with Crippen molar-refractivity contribution in [3.8, 4) is 0 Å². The van der Waals surface area contributed by atoms with Gasteiger partial charge in [-0.25, -0.2) is 6.04 Å². The Morgan fingerprint density at radius 3 is 1.57 bits per heavy atom. The van der Waals surface area contributed by atoms with Crippen LogP contribution >= 0.6 is 0 Å². The van der Waals surface area contributed by atoms with Crippen molar-refractivity contribution in [1.82, 2.24) is 15.1 Å². The first-order valence-corrected chi connectivity index (χ1v) is 15.6. The van der Waals surface area contributed by atoms with Crippen LogP contribution in [0.3, 0.4) is 0 Å². The van der Waals surface area contributed by atoms with Crippen LogP contribution in [0.15, 0.2) is 0 Å².